The normalized spacial score (nSPS) is 12.2. The highest BCUT2D eigenvalue weighted by Gasteiger charge is 2.20. The number of aryl methyl sites for hydroxylation is 3. The van der Waals surface area contributed by atoms with Gasteiger partial charge in [-0.1, -0.05) is 34.6 Å². The summed E-state index contributed by atoms with van der Waals surface area (Å²) in [5.41, 5.74) is 3.11. The molecular formula is C16H18N6O2S. The summed E-state index contributed by atoms with van der Waals surface area (Å²) in [5, 5.41) is 18.4. The van der Waals surface area contributed by atoms with Crippen LogP contribution in [0.15, 0.2) is 33.9 Å². The van der Waals surface area contributed by atoms with E-state index in [0.717, 1.165) is 11.3 Å². The molecule has 1 atom stereocenters. The lowest BCUT2D eigenvalue weighted by Crippen LogP contribution is -2.23. The minimum absolute atomic E-state index is 0.200. The van der Waals surface area contributed by atoms with Crippen molar-refractivity contribution < 1.29 is 9.32 Å². The lowest BCUT2D eigenvalue weighted by atomic mass is 10.1. The van der Waals surface area contributed by atoms with Crippen molar-refractivity contribution in [3.63, 3.8) is 0 Å². The molecule has 25 heavy (non-hydrogen) atoms. The minimum atomic E-state index is -0.410. The van der Waals surface area contributed by atoms with Crippen LogP contribution in [-0.2, 0) is 4.79 Å². The number of amides is 1. The van der Waals surface area contributed by atoms with Crippen LogP contribution in [-0.4, -0.2) is 36.5 Å². The molecule has 0 spiro atoms. The molecule has 3 aromatic rings. The molecule has 0 aliphatic rings. The zero-order chi connectivity index (χ0) is 18.0. The van der Waals surface area contributed by atoms with Crippen molar-refractivity contribution in [2.75, 3.05) is 5.32 Å². The van der Waals surface area contributed by atoms with Gasteiger partial charge in [-0.2, -0.15) is 4.68 Å². The number of benzene rings is 1. The topological polar surface area (TPSA) is 98.7 Å². The predicted octanol–water partition coefficient (Wildman–Crippen LogP) is 2.69. The third-order valence-electron chi connectivity index (χ3n) is 3.55. The van der Waals surface area contributed by atoms with Gasteiger partial charge in [0, 0.05) is 6.07 Å². The largest absolute Gasteiger partial charge is 0.360 e. The summed E-state index contributed by atoms with van der Waals surface area (Å²) in [4.78, 5) is 12.3. The number of nitrogens with zero attached hydrogens (tertiary/aromatic N) is 5. The average Bonchev–Trinajstić information content (AvgIpc) is 3.16. The smallest absolute Gasteiger partial charge is 0.238 e. The van der Waals surface area contributed by atoms with E-state index in [1.807, 2.05) is 26.0 Å². The van der Waals surface area contributed by atoms with Gasteiger partial charge in [-0.05, 0) is 49.8 Å². The zero-order valence-corrected chi connectivity index (χ0v) is 15.2. The van der Waals surface area contributed by atoms with Gasteiger partial charge in [0.15, 0.2) is 5.82 Å². The molecule has 0 saturated heterocycles. The van der Waals surface area contributed by atoms with Crippen molar-refractivity contribution in [2.45, 2.75) is 38.1 Å². The Bertz CT molecular complexity index is 904. The molecule has 9 heteroatoms. The lowest BCUT2D eigenvalue weighted by Gasteiger charge is -2.11. The van der Waals surface area contributed by atoms with Gasteiger partial charge in [0.2, 0.25) is 11.1 Å². The van der Waals surface area contributed by atoms with Crippen LogP contribution < -0.4 is 5.32 Å². The molecule has 0 fully saturated rings. The second kappa shape index (κ2) is 7.06. The van der Waals surface area contributed by atoms with Crippen molar-refractivity contribution in [2.24, 2.45) is 0 Å². The van der Waals surface area contributed by atoms with Crippen molar-refractivity contribution in [1.82, 2.24) is 25.4 Å². The van der Waals surface area contributed by atoms with Gasteiger partial charge >= 0.3 is 0 Å². The summed E-state index contributed by atoms with van der Waals surface area (Å²) in [6.45, 7) is 7.58. The highest BCUT2D eigenvalue weighted by molar-refractivity contribution is 8.00. The fourth-order valence-corrected chi connectivity index (χ4v) is 3.11. The maximum absolute atomic E-state index is 12.3. The quantitative estimate of drug-likeness (QED) is 0.700. The highest BCUT2D eigenvalue weighted by Crippen LogP contribution is 2.25. The van der Waals surface area contributed by atoms with E-state index in [0.29, 0.717) is 16.7 Å². The molecule has 0 radical (unpaired) electrons. The molecule has 2 heterocycles. The highest BCUT2D eigenvalue weighted by atomic mass is 32.2. The first-order chi connectivity index (χ1) is 11.9. The Kier molecular flexibility index (Phi) is 4.84. The van der Waals surface area contributed by atoms with Gasteiger partial charge in [-0.15, -0.1) is 5.10 Å². The van der Waals surface area contributed by atoms with Gasteiger partial charge in [0.1, 0.15) is 5.76 Å². The van der Waals surface area contributed by atoms with E-state index in [1.54, 1.807) is 24.6 Å². The average molecular weight is 358 g/mol. The SMILES string of the molecule is Cc1ccc(-n2nnnc2S[C@@H](C)C(=O)Nc2cc(C)on2)c(C)c1. The monoisotopic (exact) mass is 358 g/mol. The van der Waals surface area contributed by atoms with Crippen molar-refractivity contribution in [3.8, 4) is 5.69 Å². The molecule has 1 amide bonds. The van der Waals surface area contributed by atoms with Crippen LogP contribution in [0.3, 0.4) is 0 Å². The van der Waals surface area contributed by atoms with Crippen LogP contribution >= 0.6 is 11.8 Å². The number of hydrogen-bond acceptors (Lipinski definition) is 7. The molecule has 0 aliphatic carbocycles. The number of nitrogens with one attached hydrogen (secondary N) is 1. The van der Waals surface area contributed by atoms with Gasteiger partial charge in [0.05, 0.1) is 10.9 Å². The molecule has 8 nitrogen and oxygen atoms in total. The summed E-state index contributed by atoms with van der Waals surface area (Å²) in [6.07, 6.45) is 0. The van der Waals surface area contributed by atoms with Gasteiger partial charge in [0.25, 0.3) is 0 Å². The number of carbonyl (C=O) groups is 1. The number of tetrazole rings is 1. The fourth-order valence-electron chi connectivity index (χ4n) is 2.31. The molecule has 1 aromatic carbocycles. The second-order valence-corrected chi connectivity index (χ2v) is 7.04. The number of carbonyl (C=O) groups excluding carboxylic acids is 1. The van der Waals surface area contributed by atoms with E-state index >= 15 is 0 Å². The minimum Gasteiger partial charge on any atom is -0.360 e. The summed E-state index contributed by atoms with van der Waals surface area (Å²) in [6, 6.07) is 7.69. The number of hydrogen-bond donors (Lipinski definition) is 1. The summed E-state index contributed by atoms with van der Waals surface area (Å²) in [7, 11) is 0. The third-order valence-corrected chi connectivity index (χ3v) is 4.59. The second-order valence-electron chi connectivity index (χ2n) is 5.74. The number of rotatable bonds is 5. The van der Waals surface area contributed by atoms with Crippen LogP contribution in [0.4, 0.5) is 5.82 Å². The maximum Gasteiger partial charge on any atom is 0.238 e. The molecule has 0 bridgehead atoms. The Morgan fingerprint density at radius 2 is 2.08 bits per heavy atom. The van der Waals surface area contributed by atoms with Crippen LogP contribution in [0.2, 0.25) is 0 Å². The van der Waals surface area contributed by atoms with Gasteiger partial charge in [-0.25, -0.2) is 0 Å². The van der Waals surface area contributed by atoms with E-state index < -0.39 is 5.25 Å². The Hall–Kier alpha value is -2.68. The van der Waals surface area contributed by atoms with Gasteiger partial charge in [-0.3, -0.25) is 4.79 Å². The first-order valence-corrected chi connectivity index (χ1v) is 8.59. The van der Waals surface area contributed by atoms with Gasteiger partial charge < -0.3 is 9.84 Å². The summed E-state index contributed by atoms with van der Waals surface area (Å²) < 4.78 is 6.59. The molecule has 3 rings (SSSR count). The van der Waals surface area contributed by atoms with Crippen molar-refractivity contribution in [3.05, 3.63) is 41.2 Å². The number of anilines is 1. The molecule has 0 saturated carbocycles. The third kappa shape index (κ3) is 3.87. The Labute approximate surface area is 149 Å². The van der Waals surface area contributed by atoms with Crippen molar-refractivity contribution >= 4 is 23.5 Å². The van der Waals surface area contributed by atoms with E-state index in [2.05, 4.69) is 32.1 Å². The van der Waals surface area contributed by atoms with Crippen molar-refractivity contribution in [1.29, 1.82) is 0 Å². The lowest BCUT2D eigenvalue weighted by molar-refractivity contribution is -0.115. The van der Waals surface area contributed by atoms with E-state index in [4.69, 9.17) is 4.52 Å². The first kappa shape index (κ1) is 17.2. The molecular weight excluding hydrogens is 340 g/mol. The Morgan fingerprint density at radius 1 is 1.28 bits per heavy atom. The van der Waals surface area contributed by atoms with E-state index in [9.17, 15) is 4.79 Å². The molecule has 2 aromatic heterocycles. The van der Waals surface area contributed by atoms with E-state index in [-0.39, 0.29) is 5.91 Å². The fraction of sp³-hybridized carbons (Fsp3) is 0.312. The Morgan fingerprint density at radius 3 is 2.76 bits per heavy atom. The first-order valence-electron chi connectivity index (χ1n) is 7.71. The van der Waals surface area contributed by atoms with Crippen LogP contribution in [0.5, 0.6) is 0 Å². The zero-order valence-electron chi connectivity index (χ0n) is 14.3. The Balaban J connectivity index is 1.75. The standard InChI is InChI=1S/C16H18N6O2S/c1-9-5-6-13(10(2)7-9)22-16(18-20-21-22)25-12(4)15(23)17-14-8-11(3)24-19-14/h5-8,12H,1-4H3,(H,17,19,23)/t12-/m0/s1. The number of thioether (sulfide) groups is 1. The predicted molar refractivity (Wildman–Crippen MR) is 93.8 cm³/mol. The van der Waals surface area contributed by atoms with Crippen LogP contribution in [0, 0.1) is 20.8 Å². The number of aromatic nitrogens is 5. The summed E-state index contributed by atoms with van der Waals surface area (Å²) >= 11 is 1.28. The molecule has 0 unspecified atom stereocenters. The van der Waals surface area contributed by atoms with E-state index in [1.165, 1.54) is 17.3 Å². The molecule has 0 aliphatic heterocycles. The molecule has 1 N–H and O–H groups in total. The van der Waals surface area contributed by atoms with Crippen LogP contribution in [0.1, 0.15) is 23.8 Å². The molecule has 130 valence electrons. The maximum atomic E-state index is 12.3. The van der Waals surface area contributed by atoms with Crippen LogP contribution in [0.25, 0.3) is 5.69 Å². The summed E-state index contributed by atoms with van der Waals surface area (Å²) in [5.74, 6) is 0.826.